The number of hydrogen-bond donors (Lipinski definition) is 1. The highest BCUT2D eigenvalue weighted by molar-refractivity contribution is 5.90. The Bertz CT molecular complexity index is 907. The molecule has 0 aliphatic heterocycles. The molecule has 2 N–H and O–H groups in total. The highest BCUT2D eigenvalue weighted by atomic mass is 14.9. The molecule has 3 rings (SSSR count). The highest BCUT2D eigenvalue weighted by Crippen LogP contribution is 2.25. The number of terminal acetylenes is 1. The highest BCUT2D eigenvalue weighted by Gasteiger charge is 2.11. The number of anilines is 1. The molecule has 0 aliphatic carbocycles. The summed E-state index contributed by atoms with van der Waals surface area (Å²) >= 11 is 0. The van der Waals surface area contributed by atoms with E-state index in [0.717, 1.165) is 28.5 Å². The van der Waals surface area contributed by atoms with Crippen molar-refractivity contribution in [2.75, 3.05) is 5.73 Å². The molecule has 2 heterocycles. The van der Waals surface area contributed by atoms with E-state index in [1.54, 1.807) is 0 Å². The molecule has 0 atom stereocenters. The van der Waals surface area contributed by atoms with E-state index in [1.807, 2.05) is 36.7 Å². The lowest BCUT2D eigenvalue weighted by atomic mass is 10.0. The van der Waals surface area contributed by atoms with Crippen LogP contribution in [0.25, 0.3) is 22.3 Å². The summed E-state index contributed by atoms with van der Waals surface area (Å²) in [4.78, 5) is 13.4. The van der Waals surface area contributed by atoms with Crippen LogP contribution >= 0.6 is 0 Å². The normalized spacial score (nSPS) is 10.9. The summed E-state index contributed by atoms with van der Waals surface area (Å²) in [7, 11) is 0. The lowest BCUT2D eigenvalue weighted by Gasteiger charge is -2.10. The van der Waals surface area contributed by atoms with Gasteiger partial charge in [0.15, 0.2) is 5.82 Å². The van der Waals surface area contributed by atoms with Crippen LogP contribution < -0.4 is 5.73 Å². The number of rotatable bonds is 3. The Hall–Kier alpha value is -2.93. The van der Waals surface area contributed by atoms with Gasteiger partial charge in [-0.3, -0.25) is 0 Å². The van der Waals surface area contributed by atoms with Crippen LogP contribution in [-0.4, -0.2) is 15.0 Å². The Morgan fingerprint density at radius 3 is 2.78 bits per heavy atom. The van der Waals surface area contributed by atoms with Crippen LogP contribution in [0.3, 0.4) is 0 Å². The molecule has 0 radical (unpaired) electrons. The SMILES string of the molecule is C#Cc1cccc(-c2ncc3c(CC(C)C)cnc(N)c3n2)c1. The number of fused-ring (bicyclic) bond motifs is 1. The maximum absolute atomic E-state index is 6.03. The van der Waals surface area contributed by atoms with Crippen molar-refractivity contribution in [1.29, 1.82) is 0 Å². The first-order valence-electron chi connectivity index (χ1n) is 7.55. The topological polar surface area (TPSA) is 64.7 Å². The van der Waals surface area contributed by atoms with Crippen molar-refractivity contribution < 1.29 is 0 Å². The maximum Gasteiger partial charge on any atom is 0.159 e. The zero-order chi connectivity index (χ0) is 16.4. The number of benzene rings is 1. The fourth-order valence-electron chi connectivity index (χ4n) is 2.58. The minimum Gasteiger partial charge on any atom is -0.382 e. The van der Waals surface area contributed by atoms with E-state index in [1.165, 1.54) is 0 Å². The monoisotopic (exact) mass is 302 g/mol. The predicted molar refractivity (Wildman–Crippen MR) is 93.7 cm³/mol. The van der Waals surface area contributed by atoms with Crippen LogP contribution in [0.1, 0.15) is 25.0 Å². The van der Waals surface area contributed by atoms with Gasteiger partial charge in [0.1, 0.15) is 11.3 Å². The molecule has 0 unspecified atom stereocenters. The van der Waals surface area contributed by atoms with Crippen molar-refractivity contribution in [3.05, 3.63) is 47.8 Å². The van der Waals surface area contributed by atoms with Gasteiger partial charge in [-0.15, -0.1) is 6.42 Å². The van der Waals surface area contributed by atoms with Gasteiger partial charge in [0.05, 0.1) is 0 Å². The number of hydrogen-bond acceptors (Lipinski definition) is 4. The molecular weight excluding hydrogens is 284 g/mol. The van der Waals surface area contributed by atoms with Gasteiger partial charge in [0.2, 0.25) is 0 Å². The van der Waals surface area contributed by atoms with Crippen molar-refractivity contribution >= 4 is 16.7 Å². The van der Waals surface area contributed by atoms with Gasteiger partial charge in [0.25, 0.3) is 0 Å². The second-order valence-corrected chi connectivity index (χ2v) is 5.95. The summed E-state index contributed by atoms with van der Waals surface area (Å²) in [6, 6.07) is 7.60. The van der Waals surface area contributed by atoms with Crippen LogP contribution in [-0.2, 0) is 6.42 Å². The van der Waals surface area contributed by atoms with E-state index in [0.29, 0.717) is 23.1 Å². The first-order valence-corrected chi connectivity index (χ1v) is 7.55. The minimum atomic E-state index is 0.421. The largest absolute Gasteiger partial charge is 0.382 e. The summed E-state index contributed by atoms with van der Waals surface area (Å²) in [5.74, 6) is 4.17. The second kappa shape index (κ2) is 6.05. The smallest absolute Gasteiger partial charge is 0.159 e. The number of nitrogens with zero attached hydrogens (tertiary/aromatic N) is 3. The third-order valence-corrected chi connectivity index (χ3v) is 3.65. The Kier molecular flexibility index (Phi) is 3.94. The van der Waals surface area contributed by atoms with Crippen LogP contribution in [0.15, 0.2) is 36.7 Å². The van der Waals surface area contributed by atoms with E-state index >= 15 is 0 Å². The number of nitrogens with two attached hydrogens (primary N) is 1. The molecule has 0 saturated heterocycles. The van der Waals surface area contributed by atoms with E-state index in [2.05, 4.69) is 34.7 Å². The zero-order valence-electron chi connectivity index (χ0n) is 13.2. The molecule has 4 heteroatoms. The third-order valence-electron chi connectivity index (χ3n) is 3.65. The Morgan fingerprint density at radius 2 is 2.04 bits per heavy atom. The fraction of sp³-hybridized carbons (Fsp3) is 0.211. The average Bonchev–Trinajstić information content (AvgIpc) is 2.57. The van der Waals surface area contributed by atoms with Crippen LogP contribution in [0.2, 0.25) is 0 Å². The molecule has 4 nitrogen and oxygen atoms in total. The first-order chi connectivity index (χ1) is 11.1. The van der Waals surface area contributed by atoms with Gasteiger partial charge in [-0.1, -0.05) is 31.9 Å². The molecule has 2 aromatic heterocycles. The summed E-state index contributed by atoms with van der Waals surface area (Å²) in [5.41, 5.74) is 9.51. The summed E-state index contributed by atoms with van der Waals surface area (Å²) in [6.45, 7) is 4.34. The van der Waals surface area contributed by atoms with Crippen LogP contribution in [0, 0.1) is 18.3 Å². The van der Waals surface area contributed by atoms with Crippen molar-refractivity contribution in [3.8, 4) is 23.7 Å². The van der Waals surface area contributed by atoms with Gasteiger partial charge in [-0.25, -0.2) is 15.0 Å². The molecule has 114 valence electrons. The maximum atomic E-state index is 6.03. The van der Waals surface area contributed by atoms with E-state index in [4.69, 9.17) is 12.2 Å². The lowest BCUT2D eigenvalue weighted by molar-refractivity contribution is 0.648. The lowest BCUT2D eigenvalue weighted by Crippen LogP contribution is -2.02. The molecule has 0 amide bonds. The van der Waals surface area contributed by atoms with Gasteiger partial charge in [-0.2, -0.15) is 0 Å². The molecule has 23 heavy (non-hydrogen) atoms. The summed E-state index contributed by atoms with van der Waals surface area (Å²) < 4.78 is 0. The van der Waals surface area contributed by atoms with Crippen LogP contribution in [0.5, 0.6) is 0 Å². The molecule has 0 bridgehead atoms. The van der Waals surface area contributed by atoms with E-state index < -0.39 is 0 Å². The molecular formula is C19H18N4. The van der Waals surface area contributed by atoms with E-state index in [-0.39, 0.29) is 0 Å². The first kappa shape index (κ1) is 15.0. The van der Waals surface area contributed by atoms with Gasteiger partial charge < -0.3 is 5.73 Å². The second-order valence-electron chi connectivity index (χ2n) is 5.95. The Labute approximate surface area is 135 Å². The van der Waals surface area contributed by atoms with E-state index in [9.17, 15) is 0 Å². The number of aromatic nitrogens is 3. The van der Waals surface area contributed by atoms with Crippen molar-refractivity contribution in [1.82, 2.24) is 15.0 Å². The van der Waals surface area contributed by atoms with Crippen molar-refractivity contribution in [2.45, 2.75) is 20.3 Å². The number of pyridine rings is 1. The third kappa shape index (κ3) is 3.00. The Balaban J connectivity index is 2.15. The van der Waals surface area contributed by atoms with Crippen molar-refractivity contribution in [2.24, 2.45) is 5.92 Å². The fourth-order valence-corrected chi connectivity index (χ4v) is 2.58. The molecule has 1 aromatic carbocycles. The van der Waals surface area contributed by atoms with Gasteiger partial charge in [0, 0.05) is 28.9 Å². The number of nitrogen functional groups attached to an aromatic ring is 1. The standard InChI is InChI=1S/C19H18N4/c1-4-13-6-5-7-14(9-13)19-22-11-16-15(8-12(2)3)10-21-18(20)17(16)23-19/h1,5-7,9-12H,8H2,2-3H3,(H2,20,21). The van der Waals surface area contributed by atoms with Crippen molar-refractivity contribution in [3.63, 3.8) is 0 Å². The minimum absolute atomic E-state index is 0.421. The molecule has 0 fully saturated rings. The van der Waals surface area contributed by atoms with Gasteiger partial charge >= 0.3 is 0 Å². The molecule has 3 aromatic rings. The molecule has 0 spiro atoms. The van der Waals surface area contributed by atoms with Crippen LogP contribution in [0.4, 0.5) is 5.82 Å². The summed E-state index contributed by atoms with van der Waals surface area (Å²) in [6.07, 6.45) is 10.0. The molecule has 0 saturated carbocycles. The quantitative estimate of drug-likeness (QED) is 0.753. The zero-order valence-corrected chi connectivity index (χ0v) is 13.2. The molecule has 0 aliphatic rings. The Morgan fingerprint density at radius 1 is 1.22 bits per heavy atom. The average molecular weight is 302 g/mol. The van der Waals surface area contributed by atoms with Gasteiger partial charge in [-0.05, 0) is 30.0 Å². The predicted octanol–water partition coefficient (Wildman–Crippen LogP) is 3.45. The summed E-state index contributed by atoms with van der Waals surface area (Å²) in [5, 5.41) is 0.961.